The number of likely N-dealkylation sites (tertiary alicyclic amines) is 1. The Bertz CT molecular complexity index is 1360. The Hall–Kier alpha value is -4.02. The minimum absolute atomic E-state index is 0.167. The van der Waals surface area contributed by atoms with Crippen LogP contribution >= 0.6 is 0 Å². The van der Waals surface area contributed by atoms with Crippen LogP contribution in [0.15, 0.2) is 115 Å². The molecule has 0 aromatic heterocycles. The highest BCUT2D eigenvalue weighted by molar-refractivity contribution is 6.08. The highest BCUT2D eigenvalue weighted by atomic mass is 16.5. The largest absolute Gasteiger partial charge is 0.348 e. The zero-order valence-corrected chi connectivity index (χ0v) is 19.0. The maximum absolute atomic E-state index is 14.2. The number of hydrogen-bond donors (Lipinski definition) is 0. The maximum atomic E-state index is 14.2. The fourth-order valence-electron chi connectivity index (χ4n) is 6.58. The number of carbonyl (C=O) groups excluding carboxylic acids is 2. The summed E-state index contributed by atoms with van der Waals surface area (Å²) in [6.45, 7) is 0.261. The molecule has 4 aromatic rings. The van der Waals surface area contributed by atoms with Crippen molar-refractivity contribution in [2.24, 2.45) is 11.8 Å². The highest BCUT2D eigenvalue weighted by Crippen LogP contribution is 2.70. The van der Waals surface area contributed by atoms with E-state index >= 15 is 0 Å². The molecular formula is C31H23NO3. The molecule has 3 heterocycles. The summed E-state index contributed by atoms with van der Waals surface area (Å²) in [5.74, 6) is -1.62. The van der Waals surface area contributed by atoms with Crippen molar-refractivity contribution in [2.75, 3.05) is 0 Å². The average Bonchev–Trinajstić information content (AvgIpc) is 3.51. The fraction of sp³-hybridized carbons (Fsp3) is 0.161. The van der Waals surface area contributed by atoms with Gasteiger partial charge >= 0.3 is 0 Å². The molecule has 3 aliphatic heterocycles. The van der Waals surface area contributed by atoms with Gasteiger partial charge in [-0.25, -0.2) is 0 Å². The molecule has 3 aliphatic rings. The number of fused-ring (bicyclic) bond motifs is 8. The Morgan fingerprint density at radius 2 is 0.971 bits per heavy atom. The van der Waals surface area contributed by atoms with Crippen LogP contribution in [0.2, 0.25) is 0 Å². The number of benzene rings is 4. The molecule has 2 amide bonds. The Morgan fingerprint density at radius 1 is 0.571 bits per heavy atom. The molecule has 0 aliphatic carbocycles. The van der Waals surface area contributed by atoms with Gasteiger partial charge in [-0.2, -0.15) is 0 Å². The first-order valence-electron chi connectivity index (χ1n) is 12.0. The average molecular weight is 458 g/mol. The predicted molar refractivity (Wildman–Crippen MR) is 131 cm³/mol. The van der Waals surface area contributed by atoms with Crippen LogP contribution in [-0.4, -0.2) is 16.7 Å². The fourth-order valence-corrected chi connectivity index (χ4v) is 6.58. The van der Waals surface area contributed by atoms with Crippen molar-refractivity contribution < 1.29 is 14.3 Å². The topological polar surface area (TPSA) is 46.6 Å². The molecule has 0 N–H and O–H groups in total. The van der Waals surface area contributed by atoms with Crippen molar-refractivity contribution in [3.8, 4) is 0 Å². The van der Waals surface area contributed by atoms with Crippen molar-refractivity contribution in [3.63, 3.8) is 0 Å². The van der Waals surface area contributed by atoms with Gasteiger partial charge in [0, 0.05) is 0 Å². The molecule has 4 heteroatoms. The van der Waals surface area contributed by atoms with Crippen LogP contribution in [0.5, 0.6) is 0 Å². The summed E-state index contributed by atoms with van der Waals surface area (Å²) in [5.41, 5.74) is 2.62. The van der Waals surface area contributed by atoms with Gasteiger partial charge in [0.05, 0.1) is 18.4 Å². The quantitative estimate of drug-likeness (QED) is 0.405. The Morgan fingerprint density at radius 3 is 1.43 bits per heavy atom. The summed E-state index contributed by atoms with van der Waals surface area (Å²) < 4.78 is 7.13. The molecule has 35 heavy (non-hydrogen) atoms. The molecule has 7 rings (SSSR count). The van der Waals surface area contributed by atoms with Gasteiger partial charge < -0.3 is 4.74 Å². The van der Waals surface area contributed by atoms with Crippen LogP contribution in [0.1, 0.15) is 27.8 Å². The van der Waals surface area contributed by atoms with E-state index in [4.69, 9.17) is 4.74 Å². The molecule has 0 saturated carbocycles. The molecule has 170 valence electrons. The third-order valence-corrected chi connectivity index (χ3v) is 7.91. The summed E-state index contributed by atoms with van der Waals surface area (Å²) in [4.78, 5) is 29.8. The van der Waals surface area contributed by atoms with E-state index in [1.165, 1.54) is 4.90 Å². The summed E-state index contributed by atoms with van der Waals surface area (Å²) >= 11 is 0. The number of nitrogens with zero attached hydrogens (tertiary/aromatic N) is 1. The second-order valence-corrected chi connectivity index (χ2v) is 9.55. The molecular weight excluding hydrogens is 434 g/mol. The monoisotopic (exact) mass is 457 g/mol. The summed E-state index contributed by atoms with van der Waals surface area (Å²) in [6.07, 6.45) is 0. The summed E-state index contributed by atoms with van der Waals surface area (Å²) in [6, 6.07) is 37.6. The molecule has 4 atom stereocenters. The Kier molecular flexibility index (Phi) is 4.21. The summed E-state index contributed by atoms with van der Waals surface area (Å²) in [7, 11) is 0. The Labute approximate surface area is 203 Å². The minimum Gasteiger partial charge on any atom is -0.348 e. The van der Waals surface area contributed by atoms with Gasteiger partial charge in [-0.1, -0.05) is 115 Å². The third-order valence-electron chi connectivity index (χ3n) is 7.91. The van der Waals surface area contributed by atoms with Crippen LogP contribution < -0.4 is 0 Å². The predicted octanol–water partition coefficient (Wildman–Crippen LogP) is 5.02. The lowest BCUT2D eigenvalue weighted by atomic mass is 9.61. The van der Waals surface area contributed by atoms with E-state index in [9.17, 15) is 9.59 Å². The maximum Gasteiger partial charge on any atom is 0.237 e. The first kappa shape index (κ1) is 20.4. The lowest BCUT2D eigenvalue weighted by molar-refractivity contribution is -0.149. The number of rotatable bonds is 4. The molecule has 2 fully saturated rings. The van der Waals surface area contributed by atoms with E-state index in [-0.39, 0.29) is 18.4 Å². The SMILES string of the molecule is O=C1[C@@H]2[C@H](C(=O)N1Cc1ccccc1)[C@@]1(c3ccccc3)O[C@]2(c2ccccc2)c2ccccc21. The standard InChI is InChI=1S/C31H23NO3/c33-28-26-27(29(34)32(28)20-21-12-4-1-5-13-21)31(23-16-8-3-9-17-23)25-19-11-10-18-24(25)30(26,35-31)22-14-6-2-7-15-22/h1-19,26-27H,20H2/t26-,27+,30+,31-. The van der Waals surface area contributed by atoms with Gasteiger partial charge in [0.1, 0.15) is 11.2 Å². The molecule has 4 nitrogen and oxygen atoms in total. The van der Waals surface area contributed by atoms with Crippen molar-refractivity contribution in [1.29, 1.82) is 0 Å². The smallest absolute Gasteiger partial charge is 0.237 e. The first-order chi connectivity index (χ1) is 17.2. The minimum atomic E-state index is -1.03. The van der Waals surface area contributed by atoms with Gasteiger partial charge in [0.15, 0.2) is 0 Å². The van der Waals surface area contributed by atoms with Crippen molar-refractivity contribution >= 4 is 11.8 Å². The van der Waals surface area contributed by atoms with Crippen LogP contribution in [0.3, 0.4) is 0 Å². The van der Waals surface area contributed by atoms with Crippen LogP contribution in [-0.2, 0) is 32.1 Å². The number of carbonyl (C=O) groups is 2. The van der Waals surface area contributed by atoms with Crippen LogP contribution in [0.25, 0.3) is 0 Å². The van der Waals surface area contributed by atoms with Crippen molar-refractivity contribution in [3.05, 3.63) is 143 Å². The lowest BCUT2D eigenvalue weighted by Crippen LogP contribution is -2.42. The zero-order chi connectivity index (χ0) is 23.6. The number of ether oxygens (including phenoxy) is 1. The molecule has 0 unspecified atom stereocenters. The third kappa shape index (κ3) is 2.50. The van der Waals surface area contributed by atoms with Crippen molar-refractivity contribution in [2.45, 2.75) is 17.7 Å². The van der Waals surface area contributed by atoms with Gasteiger partial charge in [-0.3, -0.25) is 14.5 Å². The molecule has 2 bridgehead atoms. The van der Waals surface area contributed by atoms with E-state index in [1.807, 2.05) is 103 Å². The normalized spacial score (nSPS) is 28.3. The van der Waals surface area contributed by atoms with E-state index in [0.29, 0.717) is 0 Å². The van der Waals surface area contributed by atoms with Crippen LogP contribution in [0.4, 0.5) is 0 Å². The van der Waals surface area contributed by atoms with E-state index in [0.717, 1.165) is 27.8 Å². The van der Waals surface area contributed by atoms with Gasteiger partial charge in [0.25, 0.3) is 0 Å². The van der Waals surface area contributed by atoms with E-state index in [1.54, 1.807) is 0 Å². The molecule has 4 aromatic carbocycles. The number of amides is 2. The van der Waals surface area contributed by atoms with Gasteiger partial charge in [0.2, 0.25) is 11.8 Å². The summed E-state index contributed by atoms with van der Waals surface area (Å²) in [5, 5.41) is 0. The van der Waals surface area contributed by atoms with E-state index in [2.05, 4.69) is 12.1 Å². The van der Waals surface area contributed by atoms with Gasteiger partial charge in [-0.05, 0) is 27.8 Å². The lowest BCUT2D eigenvalue weighted by Gasteiger charge is -2.34. The first-order valence-corrected chi connectivity index (χ1v) is 12.0. The zero-order valence-electron chi connectivity index (χ0n) is 19.0. The molecule has 2 saturated heterocycles. The van der Waals surface area contributed by atoms with E-state index < -0.39 is 23.0 Å². The second kappa shape index (κ2) is 7.24. The van der Waals surface area contributed by atoms with Crippen molar-refractivity contribution in [1.82, 2.24) is 4.90 Å². The number of hydrogen-bond acceptors (Lipinski definition) is 3. The van der Waals surface area contributed by atoms with Crippen LogP contribution in [0, 0.1) is 11.8 Å². The van der Waals surface area contributed by atoms with Gasteiger partial charge in [-0.15, -0.1) is 0 Å². The second-order valence-electron chi connectivity index (χ2n) is 9.55. The number of imide groups is 1. The highest BCUT2D eigenvalue weighted by Gasteiger charge is 2.78. The molecule has 0 spiro atoms. The Balaban J connectivity index is 1.50. The molecule has 0 radical (unpaired) electrons.